The fraction of sp³-hybridized carbons (Fsp3) is 0.600. The van der Waals surface area contributed by atoms with Gasteiger partial charge in [0.1, 0.15) is 11.4 Å². The van der Waals surface area contributed by atoms with Crippen LogP contribution >= 0.6 is 11.6 Å². The van der Waals surface area contributed by atoms with Gasteiger partial charge in [0.15, 0.2) is 0 Å². The third-order valence-electron chi connectivity index (χ3n) is 7.63. The van der Waals surface area contributed by atoms with Crippen molar-refractivity contribution in [2.45, 2.75) is 77.0 Å². The molecule has 2 fully saturated rings. The van der Waals surface area contributed by atoms with Crippen LogP contribution in [0.3, 0.4) is 0 Å². The summed E-state index contributed by atoms with van der Waals surface area (Å²) in [5.41, 5.74) is 1.46. The van der Waals surface area contributed by atoms with E-state index in [0.29, 0.717) is 49.4 Å². The molecule has 4 rings (SSSR count). The fourth-order valence-electron chi connectivity index (χ4n) is 5.43. The molecular weight excluding hydrogens is 530 g/mol. The molecule has 0 bridgehead atoms. The number of anilines is 1. The predicted octanol–water partition coefficient (Wildman–Crippen LogP) is 5.78. The van der Waals surface area contributed by atoms with Crippen LogP contribution in [0.5, 0.6) is 0 Å². The monoisotopic (exact) mass is 569 g/mol. The first kappa shape index (κ1) is 30.0. The van der Waals surface area contributed by atoms with Crippen molar-refractivity contribution in [3.05, 3.63) is 41.2 Å². The minimum atomic E-state index is -0.562. The van der Waals surface area contributed by atoms with E-state index in [1.54, 1.807) is 13.3 Å². The summed E-state index contributed by atoms with van der Waals surface area (Å²) in [6.07, 6.45) is 5.92. The molecular formula is C30H40ClN5O4. The predicted molar refractivity (Wildman–Crippen MR) is 154 cm³/mol. The summed E-state index contributed by atoms with van der Waals surface area (Å²) in [5, 5.41) is 16.7. The second-order valence-corrected chi connectivity index (χ2v) is 12.2. The van der Waals surface area contributed by atoms with Gasteiger partial charge in [0.05, 0.1) is 34.3 Å². The molecule has 1 saturated carbocycles. The number of carbonyl (C=O) groups excluding carboxylic acids is 1. The molecule has 40 heavy (non-hydrogen) atoms. The molecule has 1 aliphatic carbocycles. The zero-order valence-corrected chi connectivity index (χ0v) is 24.6. The van der Waals surface area contributed by atoms with Gasteiger partial charge in [0.25, 0.3) is 0 Å². The number of rotatable bonds is 8. The molecule has 2 aliphatic rings. The van der Waals surface area contributed by atoms with Gasteiger partial charge in [0, 0.05) is 44.3 Å². The van der Waals surface area contributed by atoms with Gasteiger partial charge in [-0.05, 0) is 83.4 Å². The van der Waals surface area contributed by atoms with Gasteiger partial charge in [-0.3, -0.25) is 4.98 Å². The van der Waals surface area contributed by atoms with E-state index in [-0.39, 0.29) is 12.1 Å². The van der Waals surface area contributed by atoms with Crippen molar-refractivity contribution in [3.8, 4) is 17.3 Å². The van der Waals surface area contributed by atoms with E-state index in [0.717, 1.165) is 42.6 Å². The van der Waals surface area contributed by atoms with Crippen LogP contribution in [0.2, 0.25) is 5.02 Å². The summed E-state index contributed by atoms with van der Waals surface area (Å²) >= 11 is 6.58. The van der Waals surface area contributed by atoms with Crippen LogP contribution in [0.1, 0.15) is 58.6 Å². The molecule has 0 radical (unpaired) electrons. The number of hydrogen-bond donors (Lipinski definition) is 2. The molecule has 2 aromatic rings. The molecule has 9 nitrogen and oxygen atoms in total. The molecule has 10 heteroatoms. The summed E-state index contributed by atoms with van der Waals surface area (Å²) in [6, 6.07) is 10.1. The maximum atomic E-state index is 12.4. The van der Waals surface area contributed by atoms with Crippen molar-refractivity contribution in [2.24, 2.45) is 11.3 Å². The highest BCUT2D eigenvalue weighted by molar-refractivity contribution is 6.33. The highest BCUT2D eigenvalue weighted by Crippen LogP contribution is 2.33. The first-order valence-electron chi connectivity index (χ1n) is 14.0. The molecule has 0 aromatic carbocycles. The lowest BCUT2D eigenvalue weighted by atomic mass is 9.81. The van der Waals surface area contributed by atoms with Crippen molar-refractivity contribution in [1.82, 2.24) is 15.3 Å². The standard InChI is InChI=1S/C30H40ClN5O4/c1-29(2,3)40-28(37)36-25-15-20(8-9-26(25)38-4)14-21-16-22(23(31)17-33-21)24-6-5-7-27(35-24)34-19-30(18-32)10-12-39-13-11-30/h5-7,16-17,20,25-26H,8-15,19H2,1-4H3,(H,34,35)(H,36,37)/t20-,25-,26-/m1/s1. The minimum absolute atomic E-state index is 0.0572. The molecule has 2 N–H and O–H groups in total. The van der Waals surface area contributed by atoms with Crippen molar-refractivity contribution in [2.75, 3.05) is 32.2 Å². The van der Waals surface area contributed by atoms with Gasteiger partial charge in [-0.1, -0.05) is 17.7 Å². The lowest BCUT2D eigenvalue weighted by molar-refractivity contribution is 0.0120. The quantitative estimate of drug-likeness (QED) is 0.410. The SMILES string of the molecule is CO[C@@H]1CC[C@H](Cc2cc(-c3cccc(NCC4(C#N)CCOCC4)n3)c(Cl)cn2)C[C@H]1NC(=O)OC(C)(C)C. The molecule has 216 valence electrons. The summed E-state index contributed by atoms with van der Waals surface area (Å²) in [5.74, 6) is 1.01. The number of amides is 1. The first-order chi connectivity index (χ1) is 19.1. The number of nitrogens with zero attached hydrogens (tertiary/aromatic N) is 3. The average molecular weight is 570 g/mol. The Balaban J connectivity index is 1.43. The second-order valence-electron chi connectivity index (χ2n) is 11.8. The number of alkyl carbamates (subject to hydrolysis) is 1. The van der Waals surface area contributed by atoms with Crippen LogP contribution in [0, 0.1) is 22.7 Å². The highest BCUT2D eigenvalue weighted by Gasteiger charge is 2.34. The van der Waals surface area contributed by atoms with Gasteiger partial charge >= 0.3 is 6.09 Å². The highest BCUT2D eigenvalue weighted by atomic mass is 35.5. The number of halogens is 1. The van der Waals surface area contributed by atoms with E-state index in [1.807, 2.05) is 45.0 Å². The topological polar surface area (TPSA) is 118 Å². The Morgan fingerprint density at radius 2 is 2.05 bits per heavy atom. The molecule has 1 amide bonds. The van der Waals surface area contributed by atoms with Crippen molar-refractivity contribution in [3.63, 3.8) is 0 Å². The van der Waals surface area contributed by atoms with Crippen LogP contribution in [0.15, 0.2) is 30.5 Å². The third kappa shape index (κ3) is 8.06. The van der Waals surface area contributed by atoms with E-state index in [2.05, 4.69) is 21.7 Å². The Morgan fingerprint density at radius 3 is 2.75 bits per heavy atom. The number of methoxy groups -OCH3 is 1. The van der Waals surface area contributed by atoms with E-state index in [1.165, 1.54) is 0 Å². The van der Waals surface area contributed by atoms with Gasteiger partial charge in [-0.15, -0.1) is 0 Å². The van der Waals surface area contributed by atoms with Crippen LogP contribution in [-0.2, 0) is 20.6 Å². The molecule has 3 atom stereocenters. The molecule has 3 heterocycles. The summed E-state index contributed by atoms with van der Waals surface area (Å²) in [7, 11) is 1.68. The first-order valence-corrected chi connectivity index (χ1v) is 14.3. The number of hydrogen-bond acceptors (Lipinski definition) is 8. The maximum Gasteiger partial charge on any atom is 0.407 e. The van der Waals surface area contributed by atoms with Crippen LogP contribution in [0.25, 0.3) is 11.3 Å². The molecule has 1 saturated heterocycles. The summed E-state index contributed by atoms with van der Waals surface area (Å²) in [6.45, 7) is 7.27. The molecule has 1 aliphatic heterocycles. The number of nitrogens with one attached hydrogen (secondary N) is 2. The van der Waals surface area contributed by atoms with Gasteiger partial charge < -0.3 is 24.8 Å². The smallest absolute Gasteiger partial charge is 0.407 e. The Morgan fingerprint density at radius 1 is 1.27 bits per heavy atom. The van der Waals surface area contributed by atoms with E-state index in [9.17, 15) is 10.1 Å². The normalized spacial score (nSPS) is 22.6. The average Bonchev–Trinajstić information content (AvgIpc) is 2.93. The number of aromatic nitrogens is 2. The summed E-state index contributed by atoms with van der Waals surface area (Å²) in [4.78, 5) is 21.8. The van der Waals surface area contributed by atoms with Crippen molar-refractivity contribution in [1.29, 1.82) is 5.26 Å². The third-order valence-corrected chi connectivity index (χ3v) is 7.93. The number of nitriles is 1. The van der Waals surface area contributed by atoms with E-state index >= 15 is 0 Å². The zero-order chi connectivity index (χ0) is 28.8. The fourth-order valence-corrected chi connectivity index (χ4v) is 5.63. The van der Waals surface area contributed by atoms with Crippen molar-refractivity contribution < 1.29 is 19.0 Å². The van der Waals surface area contributed by atoms with Crippen LogP contribution in [-0.4, -0.2) is 60.7 Å². The van der Waals surface area contributed by atoms with E-state index < -0.39 is 17.1 Å². The zero-order valence-electron chi connectivity index (χ0n) is 23.8. The van der Waals surface area contributed by atoms with Crippen molar-refractivity contribution >= 4 is 23.5 Å². The molecule has 0 spiro atoms. The van der Waals surface area contributed by atoms with Crippen LogP contribution in [0.4, 0.5) is 10.6 Å². The maximum absolute atomic E-state index is 12.4. The van der Waals surface area contributed by atoms with Gasteiger partial charge in [-0.2, -0.15) is 5.26 Å². The lowest BCUT2D eigenvalue weighted by Gasteiger charge is -2.36. The summed E-state index contributed by atoms with van der Waals surface area (Å²) < 4.78 is 16.6. The Labute approximate surface area is 242 Å². The number of pyridine rings is 2. The Kier molecular flexibility index (Phi) is 9.88. The van der Waals surface area contributed by atoms with E-state index in [4.69, 9.17) is 30.8 Å². The van der Waals surface area contributed by atoms with Gasteiger partial charge in [-0.25, -0.2) is 9.78 Å². The van der Waals surface area contributed by atoms with Gasteiger partial charge in [0.2, 0.25) is 0 Å². The molecule has 2 aromatic heterocycles. The number of ether oxygens (including phenoxy) is 3. The lowest BCUT2D eigenvalue weighted by Crippen LogP contribution is -2.49. The number of carbonyl (C=O) groups is 1. The van der Waals surface area contributed by atoms with Crippen LogP contribution < -0.4 is 10.6 Å². The largest absolute Gasteiger partial charge is 0.444 e. The second kappa shape index (κ2) is 13.2. The minimum Gasteiger partial charge on any atom is -0.444 e. The Bertz CT molecular complexity index is 1210. The molecule has 0 unspecified atom stereocenters. The Hall–Kier alpha value is -2.93.